The summed E-state index contributed by atoms with van der Waals surface area (Å²) in [4.78, 5) is 129. The maximum absolute atomic E-state index is 13.6. The Bertz CT molecular complexity index is 1870. The van der Waals surface area contributed by atoms with Gasteiger partial charge in [0.05, 0.1) is 37.9 Å². The monoisotopic (exact) mass is 968 g/mol. The first-order chi connectivity index (χ1) is 31.9. The first kappa shape index (κ1) is 59.7. The van der Waals surface area contributed by atoms with E-state index in [-0.39, 0.29) is 19.4 Å². The van der Waals surface area contributed by atoms with E-state index in [1.807, 2.05) is 0 Å². The first-order valence-electron chi connectivity index (χ1n) is 21.9. The Morgan fingerprint density at radius 3 is 1.47 bits per heavy atom. The minimum Gasteiger partial charge on any atom is -0.481 e. The van der Waals surface area contributed by atoms with Crippen molar-refractivity contribution in [3.8, 4) is 0 Å². The van der Waals surface area contributed by atoms with E-state index in [4.69, 9.17) is 11.5 Å². The van der Waals surface area contributed by atoms with Crippen LogP contribution in [0.5, 0.6) is 0 Å². The lowest BCUT2D eigenvalue weighted by atomic mass is 9.97. The number of benzene rings is 1. The van der Waals surface area contributed by atoms with Crippen molar-refractivity contribution in [1.82, 2.24) is 42.5 Å². The summed E-state index contributed by atoms with van der Waals surface area (Å²) in [7, 11) is 0. The molecule has 382 valence electrons. The Kier molecular flexibility index (Phi) is 26.5. The number of carboxylic acids is 2. The highest BCUT2D eigenvalue weighted by atomic mass is 16.4. The molecule has 0 bridgehead atoms. The Labute approximate surface area is 392 Å². The lowest BCUT2D eigenvalue weighted by Crippen LogP contribution is -2.62. The van der Waals surface area contributed by atoms with Crippen molar-refractivity contribution in [2.75, 3.05) is 19.8 Å². The van der Waals surface area contributed by atoms with E-state index in [1.165, 1.54) is 6.92 Å². The fourth-order valence-electron chi connectivity index (χ4n) is 6.22. The van der Waals surface area contributed by atoms with Crippen LogP contribution in [0.15, 0.2) is 30.3 Å². The molecule has 26 nitrogen and oxygen atoms in total. The molecule has 0 aliphatic heterocycles. The van der Waals surface area contributed by atoms with Gasteiger partial charge < -0.3 is 84.6 Å². The standard InChI is InChI=1S/C42H68N10O16/c1-6-20(2)31(50-41(66)33(23(5)56)51-35(60)25(44)16-24-12-8-7-9-13-24)39(64)48-28(18-53)37(62)45-21(3)34(59)47-27(17-30(57)58)36(61)52-32(22(4)55)40(65)49-29(19-54)38(63)46-26(42(67)68)14-10-11-15-43/h7-9,12-13,20-23,25-29,31-33,53-56H,6,10-11,14-19,43-44H2,1-5H3,(H,45,62)(H,46,63)(H,47,59)(H,48,64)(H,49,65)(H,50,66)(H,51,60)(H,52,61)(H,57,58)(H,67,68)/t20-,21-,22+,23+,25-,26-,27-,28-,29-,31-,32-,33-/m0/s1. The highest BCUT2D eigenvalue weighted by molar-refractivity contribution is 5.99. The van der Waals surface area contributed by atoms with Crippen LogP contribution in [0.25, 0.3) is 0 Å². The number of unbranched alkanes of at least 4 members (excludes halogenated alkanes) is 1. The third-order valence-corrected chi connectivity index (χ3v) is 10.5. The Balaban J connectivity index is 3.08. The van der Waals surface area contributed by atoms with E-state index < -0.39 is 151 Å². The molecule has 0 unspecified atom stereocenters. The van der Waals surface area contributed by atoms with Crippen molar-refractivity contribution in [3.63, 3.8) is 0 Å². The lowest BCUT2D eigenvalue weighted by Gasteiger charge is -2.29. The molecule has 18 N–H and O–H groups in total. The minimum absolute atomic E-state index is 0.0297. The molecule has 0 saturated carbocycles. The van der Waals surface area contributed by atoms with E-state index in [2.05, 4.69) is 42.5 Å². The average Bonchev–Trinajstić information content (AvgIpc) is 3.28. The van der Waals surface area contributed by atoms with Crippen LogP contribution in [-0.4, -0.2) is 176 Å². The molecule has 0 aliphatic carbocycles. The van der Waals surface area contributed by atoms with E-state index in [0.717, 1.165) is 19.4 Å². The molecular weight excluding hydrogens is 901 g/mol. The summed E-state index contributed by atoms with van der Waals surface area (Å²) < 4.78 is 0. The van der Waals surface area contributed by atoms with Crippen LogP contribution in [0.4, 0.5) is 0 Å². The molecule has 0 radical (unpaired) electrons. The second kappa shape index (κ2) is 30.1. The number of rotatable bonds is 31. The van der Waals surface area contributed by atoms with E-state index in [0.29, 0.717) is 19.3 Å². The zero-order chi connectivity index (χ0) is 51.8. The topological polar surface area (TPSA) is 440 Å². The number of aliphatic hydroxyl groups is 4. The maximum Gasteiger partial charge on any atom is 0.326 e. The van der Waals surface area contributed by atoms with Gasteiger partial charge in [-0.25, -0.2) is 4.79 Å². The third kappa shape index (κ3) is 20.3. The smallest absolute Gasteiger partial charge is 0.326 e. The van der Waals surface area contributed by atoms with Gasteiger partial charge in [0, 0.05) is 0 Å². The van der Waals surface area contributed by atoms with Gasteiger partial charge in [0.1, 0.15) is 48.3 Å². The number of nitrogens with one attached hydrogen (secondary N) is 8. The molecule has 0 spiro atoms. The predicted molar refractivity (Wildman–Crippen MR) is 239 cm³/mol. The normalized spacial score (nSPS) is 16.4. The lowest BCUT2D eigenvalue weighted by molar-refractivity contribution is -0.143. The van der Waals surface area contributed by atoms with Gasteiger partial charge in [0.25, 0.3) is 0 Å². The predicted octanol–water partition coefficient (Wildman–Crippen LogP) is -6.06. The van der Waals surface area contributed by atoms with Crippen molar-refractivity contribution in [2.45, 2.75) is 140 Å². The van der Waals surface area contributed by atoms with Gasteiger partial charge in [0.2, 0.25) is 47.3 Å². The number of carboxylic acid groups (broad SMARTS) is 2. The van der Waals surface area contributed by atoms with Gasteiger partial charge in [-0.2, -0.15) is 0 Å². The maximum atomic E-state index is 13.6. The summed E-state index contributed by atoms with van der Waals surface area (Å²) in [5, 5.41) is 77.3. The van der Waals surface area contributed by atoms with Gasteiger partial charge in [-0.1, -0.05) is 50.6 Å². The van der Waals surface area contributed by atoms with Crippen LogP contribution in [0.1, 0.15) is 72.3 Å². The van der Waals surface area contributed by atoms with Crippen LogP contribution in [0.3, 0.4) is 0 Å². The largest absolute Gasteiger partial charge is 0.481 e. The summed E-state index contributed by atoms with van der Waals surface area (Å²) in [6.45, 7) is 4.78. The zero-order valence-corrected chi connectivity index (χ0v) is 38.6. The van der Waals surface area contributed by atoms with E-state index >= 15 is 0 Å². The Hall–Kier alpha value is -6.32. The van der Waals surface area contributed by atoms with Crippen molar-refractivity contribution in [3.05, 3.63) is 35.9 Å². The molecule has 0 fully saturated rings. The number of aliphatic carboxylic acids is 2. The van der Waals surface area contributed by atoms with Crippen molar-refractivity contribution in [1.29, 1.82) is 0 Å². The number of amides is 8. The first-order valence-corrected chi connectivity index (χ1v) is 21.9. The highest BCUT2D eigenvalue weighted by Gasteiger charge is 2.37. The van der Waals surface area contributed by atoms with E-state index in [9.17, 15) is 78.6 Å². The van der Waals surface area contributed by atoms with Crippen molar-refractivity contribution >= 4 is 59.2 Å². The quantitative estimate of drug-likeness (QED) is 0.0308. The van der Waals surface area contributed by atoms with Crippen molar-refractivity contribution in [2.24, 2.45) is 17.4 Å². The average molecular weight is 969 g/mol. The van der Waals surface area contributed by atoms with E-state index in [1.54, 1.807) is 44.2 Å². The molecule has 26 heteroatoms. The van der Waals surface area contributed by atoms with Crippen LogP contribution in [0.2, 0.25) is 0 Å². The number of hydrogen-bond donors (Lipinski definition) is 16. The van der Waals surface area contributed by atoms with Gasteiger partial charge in [-0.3, -0.25) is 43.2 Å². The molecular formula is C42H68N10O16. The molecule has 1 aromatic carbocycles. The Morgan fingerprint density at radius 1 is 0.559 bits per heavy atom. The molecule has 68 heavy (non-hydrogen) atoms. The number of carbonyl (C=O) groups is 10. The van der Waals surface area contributed by atoms with Gasteiger partial charge >= 0.3 is 11.9 Å². The minimum atomic E-state index is -1.97. The number of aliphatic hydroxyl groups excluding tert-OH is 4. The van der Waals surface area contributed by atoms with Crippen LogP contribution < -0.4 is 54.0 Å². The molecule has 0 aliphatic rings. The molecule has 1 aromatic rings. The van der Waals surface area contributed by atoms with Crippen molar-refractivity contribution < 1.29 is 78.6 Å². The molecule has 8 amide bonds. The SMILES string of the molecule is CC[C@H](C)[C@H](NC(=O)[C@@H](NC(=O)[C@@H](N)Cc1ccccc1)[C@@H](C)O)C(=O)N[C@@H](CO)C(=O)N[C@@H](C)C(=O)N[C@@H](CC(=O)O)C(=O)N[C@H](C(=O)N[C@@H](CO)C(=O)N[C@@H](CCCCN)C(=O)O)[C@@H](C)O. The summed E-state index contributed by atoms with van der Waals surface area (Å²) in [5.41, 5.74) is 12.2. The summed E-state index contributed by atoms with van der Waals surface area (Å²) >= 11 is 0. The summed E-state index contributed by atoms with van der Waals surface area (Å²) in [6, 6.07) is -5.77. The molecule has 1 rings (SSSR count). The second-order valence-electron chi connectivity index (χ2n) is 16.2. The van der Waals surface area contributed by atoms with Gasteiger partial charge in [-0.05, 0) is 64.5 Å². The summed E-state index contributed by atoms with van der Waals surface area (Å²) in [5.74, 6) is -12.5. The van der Waals surface area contributed by atoms with Crippen LogP contribution in [-0.2, 0) is 54.4 Å². The summed E-state index contributed by atoms with van der Waals surface area (Å²) in [6.07, 6.45) is -3.16. The Morgan fingerprint density at radius 2 is 1.00 bits per heavy atom. The highest BCUT2D eigenvalue weighted by Crippen LogP contribution is 2.11. The van der Waals surface area contributed by atoms with Gasteiger partial charge in [-0.15, -0.1) is 0 Å². The fraction of sp³-hybridized carbons (Fsp3) is 0.619. The number of nitrogens with two attached hydrogens (primary N) is 2. The number of hydrogen-bond acceptors (Lipinski definition) is 16. The van der Waals surface area contributed by atoms with Crippen LogP contribution >= 0.6 is 0 Å². The second-order valence-corrected chi connectivity index (χ2v) is 16.2. The zero-order valence-electron chi connectivity index (χ0n) is 38.6. The molecule has 0 aromatic heterocycles. The van der Waals surface area contributed by atoms with Gasteiger partial charge in [0.15, 0.2) is 0 Å². The molecule has 0 saturated heterocycles. The third-order valence-electron chi connectivity index (χ3n) is 10.5. The molecule has 0 heterocycles. The fourth-order valence-corrected chi connectivity index (χ4v) is 6.22. The van der Waals surface area contributed by atoms with Crippen LogP contribution in [0, 0.1) is 5.92 Å². The number of carbonyl (C=O) groups excluding carboxylic acids is 8. The molecule has 12 atom stereocenters.